The number of nitrogens with one attached hydrogen (secondary N) is 4. The van der Waals surface area contributed by atoms with E-state index in [4.69, 9.17) is 9.47 Å². The number of piperidine rings is 1. The van der Waals surface area contributed by atoms with Crippen LogP contribution in [0.3, 0.4) is 0 Å². The van der Waals surface area contributed by atoms with Crippen LogP contribution in [0.1, 0.15) is 55.3 Å². The molecule has 0 bridgehead atoms. The molecule has 1 amide bonds. The maximum atomic E-state index is 13.9. The molecule has 2 fully saturated rings. The Hall–Kier alpha value is -5.96. The van der Waals surface area contributed by atoms with Crippen LogP contribution in [0.15, 0.2) is 136 Å². The number of amides is 1. The van der Waals surface area contributed by atoms with E-state index in [0.717, 1.165) is 95.0 Å². The molecule has 2 unspecified atom stereocenters. The van der Waals surface area contributed by atoms with Gasteiger partial charge in [-0.25, -0.2) is 13.1 Å². The van der Waals surface area contributed by atoms with Crippen molar-refractivity contribution in [2.75, 3.05) is 44.7 Å². The van der Waals surface area contributed by atoms with Gasteiger partial charge in [0.05, 0.1) is 16.3 Å². The van der Waals surface area contributed by atoms with E-state index in [1.54, 1.807) is 18.3 Å². The summed E-state index contributed by atoms with van der Waals surface area (Å²) < 4.78 is 41.5. The molecule has 2 atom stereocenters. The van der Waals surface area contributed by atoms with Gasteiger partial charge in [0.15, 0.2) is 11.4 Å². The highest BCUT2D eigenvalue weighted by Gasteiger charge is 2.34. The van der Waals surface area contributed by atoms with Gasteiger partial charge in [-0.1, -0.05) is 42.1 Å². The highest BCUT2D eigenvalue weighted by atomic mass is 32.2. The second-order valence-corrected chi connectivity index (χ2v) is 18.5. The molecule has 61 heavy (non-hydrogen) atoms. The molecule has 6 aliphatic rings. The summed E-state index contributed by atoms with van der Waals surface area (Å²) in [6, 6.07) is 26.1. The van der Waals surface area contributed by atoms with Crippen LogP contribution in [0.2, 0.25) is 0 Å². The minimum atomic E-state index is -4.29. The molecule has 3 aromatic carbocycles. The normalized spacial score (nSPS) is 22.8. The van der Waals surface area contributed by atoms with Crippen molar-refractivity contribution in [1.82, 2.24) is 25.2 Å². The van der Waals surface area contributed by atoms with Gasteiger partial charge in [0.1, 0.15) is 17.0 Å². The average Bonchev–Trinajstić information content (AvgIpc) is 3.67. The Balaban J connectivity index is 0.914. The lowest BCUT2D eigenvalue weighted by Crippen LogP contribution is -2.50. The van der Waals surface area contributed by atoms with Crippen molar-refractivity contribution < 1.29 is 28.4 Å². The summed E-state index contributed by atoms with van der Waals surface area (Å²) in [6.07, 6.45) is 14.1. The number of ether oxygens (including phenoxy) is 2. The van der Waals surface area contributed by atoms with Crippen LogP contribution >= 0.6 is 0 Å². The number of likely N-dealkylation sites (tertiary alicyclic amines) is 1. The summed E-state index contributed by atoms with van der Waals surface area (Å²) in [5.41, 5.74) is 16.7. The van der Waals surface area contributed by atoms with Crippen LogP contribution in [0, 0.1) is 24.0 Å². The number of rotatable bonds is 12. The summed E-state index contributed by atoms with van der Waals surface area (Å²) in [7, 11) is -4.29. The van der Waals surface area contributed by atoms with Crippen molar-refractivity contribution in [3.8, 4) is 0 Å². The monoisotopic (exact) mass is 838 g/mol. The molecule has 12 nitrogen and oxygen atoms in total. The quantitative estimate of drug-likeness (QED) is 0.158. The third-order valence-electron chi connectivity index (χ3n) is 12.7. The fourth-order valence-electron chi connectivity index (χ4n) is 9.00. The number of allylic oxidation sites excluding steroid dienone is 2. The van der Waals surface area contributed by atoms with E-state index >= 15 is 0 Å². The maximum absolute atomic E-state index is 13.9. The second-order valence-electron chi connectivity index (χ2n) is 16.8. The highest BCUT2D eigenvalue weighted by molar-refractivity contribution is 7.90. The van der Waals surface area contributed by atoms with Crippen LogP contribution in [-0.2, 0) is 37.3 Å². The number of carbonyl (C=O) groups excluding carboxylic acids is 1. The first kappa shape index (κ1) is 40.4. The molecule has 1 aliphatic carbocycles. The van der Waals surface area contributed by atoms with E-state index in [-0.39, 0.29) is 22.3 Å². The van der Waals surface area contributed by atoms with Crippen LogP contribution in [0.25, 0.3) is 0 Å². The summed E-state index contributed by atoms with van der Waals surface area (Å²) in [6.45, 7) is 7.70. The van der Waals surface area contributed by atoms with Crippen molar-refractivity contribution >= 4 is 27.3 Å². The Bertz CT molecular complexity index is 2520. The molecular formula is C48H52N7O5S+. The molecule has 13 heteroatoms. The molecule has 2 saturated heterocycles. The molecule has 314 valence electrons. The van der Waals surface area contributed by atoms with E-state index in [1.807, 2.05) is 31.3 Å². The number of anilines is 1. The molecule has 7 N–H and O–H groups in total. The fraction of sp³-hybridized carbons (Fsp3) is 0.354. The molecular weight excluding hydrogens is 787 g/mol. The fourth-order valence-corrected chi connectivity index (χ4v) is 10.0. The first-order chi connectivity index (χ1) is 29.6. The van der Waals surface area contributed by atoms with Crippen LogP contribution in [0.5, 0.6) is 0 Å². The number of hydrogen-bond acceptors (Lipinski definition) is 10. The molecule has 3 aromatic rings. The Morgan fingerprint density at radius 3 is 2.61 bits per heavy atom. The lowest BCUT2D eigenvalue weighted by molar-refractivity contribution is -0.253. The first-order valence-electron chi connectivity index (χ1n) is 21.2. The van der Waals surface area contributed by atoms with E-state index in [1.165, 1.54) is 28.8 Å². The van der Waals surface area contributed by atoms with Crippen LogP contribution < -0.4 is 26.4 Å². The molecule has 0 radical (unpaired) electrons. The lowest BCUT2D eigenvalue weighted by Gasteiger charge is -2.41. The van der Waals surface area contributed by atoms with E-state index in [9.17, 15) is 13.2 Å². The molecule has 5 aliphatic heterocycles. The predicted molar refractivity (Wildman–Crippen MR) is 231 cm³/mol. The molecule has 0 spiro atoms. The Kier molecular flexibility index (Phi) is 11.4. The summed E-state index contributed by atoms with van der Waals surface area (Å²) in [5.74, 6) is 0.713. The van der Waals surface area contributed by atoms with Crippen molar-refractivity contribution in [2.45, 2.75) is 62.2 Å². The molecule has 5 heterocycles. The van der Waals surface area contributed by atoms with Gasteiger partial charge in [-0.15, -0.1) is 0 Å². The van der Waals surface area contributed by atoms with Crippen molar-refractivity contribution in [3.05, 3.63) is 160 Å². The number of dihydropyridines is 1. The topological polar surface area (TPSA) is 152 Å². The minimum Gasteiger partial charge on any atom is -0.454 e. The standard InChI is InChI=1S/C48H51N7O5S/c1-48-38(15-20-51-48)26-40(30-52-48)60-46-27-39(11-13-42(46)47(56)53-61(57,58)41-12-14-44(43(49)28-41)50-29-33-18-23-59-24-19-33)54-21-16-34(17-22-54)31-55-32-37-10-6-5-9-36(37)25-45(55)35-7-3-2-4-8-35/h3,5-10,12,14-15,20,26-28,30,33-34,45,50-52H,16-19,21-25,29,31-32,49H2,1H3,(H,53,56)/p+1. The van der Waals surface area contributed by atoms with Crippen molar-refractivity contribution in [2.24, 2.45) is 11.8 Å². The number of sulfonamides is 1. The maximum Gasteiger partial charge on any atom is 0.277 e. The number of nitrogens with zero attached hydrogens (tertiary/aromatic N) is 2. The van der Waals surface area contributed by atoms with Crippen molar-refractivity contribution in [1.29, 1.82) is 0 Å². The third-order valence-corrected chi connectivity index (χ3v) is 14.0. The number of quaternary nitrogens is 1. The Labute approximate surface area is 358 Å². The van der Waals surface area contributed by atoms with Crippen molar-refractivity contribution in [3.63, 3.8) is 0 Å². The van der Waals surface area contributed by atoms with E-state index in [0.29, 0.717) is 23.3 Å². The smallest absolute Gasteiger partial charge is 0.277 e. The van der Waals surface area contributed by atoms with Gasteiger partial charge in [-0.05, 0) is 122 Å². The predicted octanol–water partition coefficient (Wildman–Crippen LogP) is 5.00. The summed E-state index contributed by atoms with van der Waals surface area (Å²) >= 11 is 0. The van der Waals surface area contributed by atoms with Gasteiger partial charge in [0.2, 0.25) is 0 Å². The number of benzene rings is 2. The number of carbonyl (C=O) groups is 1. The van der Waals surface area contributed by atoms with Gasteiger partial charge < -0.3 is 36.1 Å². The zero-order chi connectivity index (χ0) is 42.0. The van der Waals surface area contributed by atoms with Gasteiger partial charge in [-0.2, -0.15) is 0 Å². The molecule has 9 rings (SSSR count). The third kappa shape index (κ3) is 8.93. The highest BCUT2D eigenvalue weighted by Crippen LogP contribution is 2.36. The number of hydrogen-bond donors (Lipinski definition) is 5. The molecule has 0 saturated carbocycles. The van der Waals surface area contributed by atoms with E-state index in [2.05, 4.69) is 96.2 Å². The number of fused-ring (bicyclic) bond motifs is 2. The van der Waals surface area contributed by atoms with Gasteiger partial charge in [0, 0.05) is 75.9 Å². The summed E-state index contributed by atoms with van der Waals surface area (Å²) in [4.78, 5) is 18.7. The average molecular weight is 839 g/mol. The van der Waals surface area contributed by atoms with Crippen LogP contribution in [-0.4, -0.2) is 69.2 Å². The zero-order valence-corrected chi connectivity index (χ0v) is 35.2. The largest absolute Gasteiger partial charge is 0.454 e. The molecule has 0 aromatic heterocycles. The van der Waals surface area contributed by atoms with Gasteiger partial charge in [-0.3, -0.25) is 9.69 Å². The second kappa shape index (κ2) is 17.2. The van der Waals surface area contributed by atoms with Crippen LogP contribution in [0.4, 0.5) is 11.4 Å². The SMILES string of the molecule is CC12NC=CC1=CC(OC1=CC(N3CCC(CN4Cc5ccccc5CC4c4cc#ccc4)CC3)=C=C=C1C(=O)NS(=O)(=O)c1ccc(NCC3CCOCC3)c([NH3+])c1)=CN2. The lowest BCUT2D eigenvalue weighted by atomic mass is 9.88. The van der Waals surface area contributed by atoms with Gasteiger partial charge >= 0.3 is 0 Å². The minimum absolute atomic E-state index is 0.0715. The Morgan fingerprint density at radius 1 is 1.00 bits per heavy atom. The first-order valence-corrected chi connectivity index (χ1v) is 22.7. The summed E-state index contributed by atoms with van der Waals surface area (Å²) in [5, 5.41) is 10.0. The van der Waals surface area contributed by atoms with E-state index < -0.39 is 21.6 Å². The van der Waals surface area contributed by atoms with Gasteiger partial charge in [0.25, 0.3) is 15.9 Å². The Morgan fingerprint density at radius 2 is 1.82 bits per heavy atom. The zero-order valence-electron chi connectivity index (χ0n) is 34.4.